The number of imidazole rings is 1. The zero-order chi connectivity index (χ0) is 20.3. The van der Waals surface area contributed by atoms with Crippen molar-refractivity contribution < 1.29 is 13.6 Å². The number of ketones is 1. The van der Waals surface area contributed by atoms with Crippen LogP contribution in [0.15, 0.2) is 42.1 Å². The van der Waals surface area contributed by atoms with Crippen molar-refractivity contribution in [3.8, 4) is 5.69 Å². The molecule has 4 aromatic rings. The molecule has 5 rings (SSSR count). The number of nitrogens with two attached hydrogens (primary N) is 1. The molecule has 0 bridgehead atoms. The summed E-state index contributed by atoms with van der Waals surface area (Å²) in [6, 6.07) is 7.54. The fourth-order valence-electron chi connectivity index (χ4n) is 3.69. The molecule has 0 saturated heterocycles. The first-order valence-corrected chi connectivity index (χ1v) is 8.94. The van der Waals surface area contributed by atoms with Gasteiger partial charge in [-0.1, -0.05) is 0 Å². The minimum Gasteiger partial charge on any atom is -0.383 e. The van der Waals surface area contributed by atoms with Crippen LogP contribution in [0.4, 0.5) is 14.6 Å². The van der Waals surface area contributed by atoms with Crippen molar-refractivity contribution >= 4 is 28.7 Å². The van der Waals surface area contributed by atoms with Gasteiger partial charge in [-0.3, -0.25) is 4.79 Å². The number of nitrogens with one attached hydrogen (secondary N) is 1. The fraction of sp³-hybridized carbons (Fsp3) is 0.0952. The highest BCUT2D eigenvalue weighted by Crippen LogP contribution is 2.31. The maximum Gasteiger partial charge on any atom is 0.194 e. The first kappa shape index (κ1) is 17.3. The molecule has 8 heteroatoms. The van der Waals surface area contributed by atoms with E-state index in [1.165, 1.54) is 23.0 Å². The monoisotopic (exact) mass is 391 g/mol. The number of carbonyl (C=O) groups excluding carboxylic acids is 1. The van der Waals surface area contributed by atoms with Crippen molar-refractivity contribution in [1.82, 2.24) is 19.7 Å². The molecule has 1 aliphatic carbocycles. The number of anilines is 1. The molecule has 29 heavy (non-hydrogen) atoms. The van der Waals surface area contributed by atoms with Gasteiger partial charge in [-0.2, -0.15) is 5.10 Å². The van der Waals surface area contributed by atoms with Gasteiger partial charge in [-0.25, -0.2) is 18.4 Å². The van der Waals surface area contributed by atoms with E-state index in [1.807, 2.05) is 25.1 Å². The Morgan fingerprint density at radius 1 is 1.24 bits per heavy atom. The molecule has 0 amide bonds. The van der Waals surface area contributed by atoms with Crippen LogP contribution < -0.4 is 5.73 Å². The Morgan fingerprint density at radius 2 is 2.07 bits per heavy atom. The van der Waals surface area contributed by atoms with Gasteiger partial charge in [0.15, 0.2) is 5.78 Å². The Labute approximate surface area is 163 Å². The summed E-state index contributed by atoms with van der Waals surface area (Å²) in [5.74, 6) is -0.745. The summed E-state index contributed by atoms with van der Waals surface area (Å²) in [6.45, 7) is 1.86. The van der Waals surface area contributed by atoms with Gasteiger partial charge in [-0.05, 0) is 42.8 Å². The van der Waals surface area contributed by atoms with Gasteiger partial charge in [0.2, 0.25) is 0 Å². The summed E-state index contributed by atoms with van der Waals surface area (Å²) in [7, 11) is 0. The van der Waals surface area contributed by atoms with E-state index in [4.69, 9.17) is 5.73 Å². The highest BCUT2D eigenvalue weighted by Gasteiger charge is 2.26. The summed E-state index contributed by atoms with van der Waals surface area (Å²) in [5, 5.41) is 4.25. The minimum atomic E-state index is -0.686. The summed E-state index contributed by atoms with van der Waals surface area (Å²) in [5.41, 5.74) is 9.76. The first-order valence-electron chi connectivity index (χ1n) is 8.94. The minimum absolute atomic E-state index is 0.146. The Morgan fingerprint density at radius 3 is 2.90 bits per heavy atom. The maximum absolute atomic E-state index is 14.0. The SMILES string of the molecule is Cc1nc2ccc(-n3ncc(C(=O)C4=Cc5c(F)cc(F)cc5C4)c3N)cc2[nH]1. The molecule has 1 aliphatic rings. The van der Waals surface area contributed by atoms with E-state index in [2.05, 4.69) is 15.1 Å². The Balaban J connectivity index is 1.50. The van der Waals surface area contributed by atoms with Crippen LogP contribution in [0.25, 0.3) is 22.8 Å². The quantitative estimate of drug-likeness (QED) is 0.521. The molecule has 3 N–H and O–H groups in total. The topological polar surface area (TPSA) is 89.6 Å². The molecule has 6 nitrogen and oxygen atoms in total. The average molecular weight is 391 g/mol. The smallest absolute Gasteiger partial charge is 0.194 e. The molecule has 0 unspecified atom stereocenters. The third-order valence-electron chi connectivity index (χ3n) is 5.05. The molecule has 0 atom stereocenters. The van der Waals surface area contributed by atoms with E-state index in [-0.39, 0.29) is 29.1 Å². The van der Waals surface area contributed by atoms with Crippen molar-refractivity contribution in [3.63, 3.8) is 0 Å². The number of hydrogen-bond donors (Lipinski definition) is 2. The number of aryl methyl sites for hydroxylation is 1. The number of fused-ring (bicyclic) bond motifs is 2. The van der Waals surface area contributed by atoms with Crippen LogP contribution in [0.3, 0.4) is 0 Å². The van der Waals surface area contributed by atoms with Crippen molar-refractivity contribution in [2.24, 2.45) is 0 Å². The number of Topliss-reactive ketones (excluding diaryl/α,β-unsaturated/α-hetero) is 1. The first-order chi connectivity index (χ1) is 13.9. The Bertz CT molecular complexity index is 1350. The summed E-state index contributed by atoms with van der Waals surface area (Å²) < 4.78 is 28.9. The highest BCUT2D eigenvalue weighted by molar-refractivity contribution is 6.15. The molecule has 2 heterocycles. The molecular weight excluding hydrogens is 376 g/mol. The Kier molecular flexibility index (Phi) is 3.64. The second-order valence-electron chi connectivity index (χ2n) is 7.01. The number of H-pyrrole nitrogens is 1. The lowest BCUT2D eigenvalue weighted by atomic mass is 10.0. The molecule has 0 radical (unpaired) electrons. The lowest BCUT2D eigenvalue weighted by molar-refractivity contribution is 0.103. The van der Waals surface area contributed by atoms with Gasteiger partial charge in [0, 0.05) is 23.6 Å². The highest BCUT2D eigenvalue weighted by atomic mass is 19.1. The van der Waals surface area contributed by atoms with Crippen LogP contribution in [0.5, 0.6) is 0 Å². The average Bonchev–Trinajstić information content (AvgIpc) is 3.36. The van der Waals surface area contributed by atoms with Crippen LogP contribution in [0, 0.1) is 18.6 Å². The molecule has 0 saturated carbocycles. The second-order valence-corrected chi connectivity index (χ2v) is 7.01. The number of allylic oxidation sites excluding steroid dienone is 1. The molecule has 144 valence electrons. The Hall–Kier alpha value is -3.81. The van der Waals surface area contributed by atoms with E-state index < -0.39 is 11.6 Å². The third kappa shape index (κ3) is 2.72. The van der Waals surface area contributed by atoms with Crippen molar-refractivity contribution in [1.29, 1.82) is 0 Å². The number of carbonyl (C=O) groups is 1. The van der Waals surface area contributed by atoms with Crippen molar-refractivity contribution in [2.45, 2.75) is 13.3 Å². The summed E-state index contributed by atoms with van der Waals surface area (Å²) in [4.78, 5) is 20.5. The summed E-state index contributed by atoms with van der Waals surface area (Å²) >= 11 is 0. The zero-order valence-electron chi connectivity index (χ0n) is 15.3. The van der Waals surface area contributed by atoms with Crippen molar-refractivity contribution in [2.75, 3.05) is 5.73 Å². The molecular formula is C21H15F2N5O. The zero-order valence-corrected chi connectivity index (χ0v) is 15.3. The van der Waals surface area contributed by atoms with E-state index in [0.717, 1.165) is 22.9 Å². The molecule has 2 aromatic heterocycles. The number of nitrogen functional groups attached to an aromatic ring is 1. The number of aromatic nitrogens is 4. The third-order valence-corrected chi connectivity index (χ3v) is 5.05. The van der Waals surface area contributed by atoms with Crippen LogP contribution >= 0.6 is 0 Å². The van der Waals surface area contributed by atoms with Crippen molar-refractivity contribution in [3.05, 3.63) is 76.3 Å². The van der Waals surface area contributed by atoms with Crippen LogP contribution in [0.2, 0.25) is 0 Å². The van der Waals surface area contributed by atoms with Crippen LogP contribution in [-0.2, 0) is 6.42 Å². The van der Waals surface area contributed by atoms with Gasteiger partial charge in [0.25, 0.3) is 0 Å². The van der Waals surface area contributed by atoms with Crippen LogP contribution in [-0.4, -0.2) is 25.5 Å². The van der Waals surface area contributed by atoms with Gasteiger partial charge in [0.05, 0.1) is 28.5 Å². The molecule has 2 aromatic carbocycles. The lowest BCUT2D eigenvalue weighted by Gasteiger charge is -2.05. The lowest BCUT2D eigenvalue weighted by Crippen LogP contribution is -2.08. The van der Waals surface area contributed by atoms with Gasteiger partial charge < -0.3 is 10.7 Å². The van der Waals surface area contributed by atoms with E-state index in [1.54, 1.807) is 0 Å². The molecule has 0 fully saturated rings. The number of aromatic amines is 1. The number of rotatable bonds is 3. The fourth-order valence-corrected chi connectivity index (χ4v) is 3.69. The van der Waals surface area contributed by atoms with Crippen LogP contribution in [0.1, 0.15) is 27.3 Å². The van der Waals surface area contributed by atoms with E-state index >= 15 is 0 Å². The largest absolute Gasteiger partial charge is 0.383 e. The molecule has 0 aliphatic heterocycles. The standard InChI is InChI=1S/C21H15F2N5O/c1-10-26-18-3-2-14(8-19(18)27-10)28-21(24)16(9-25-28)20(29)12-4-11-5-13(22)7-17(23)15(11)6-12/h2-3,5-9H,4,24H2,1H3,(H,26,27). The maximum atomic E-state index is 14.0. The number of hydrogen-bond acceptors (Lipinski definition) is 4. The van der Waals surface area contributed by atoms with E-state index in [0.29, 0.717) is 16.8 Å². The number of halogens is 2. The second kappa shape index (κ2) is 6.10. The molecule has 0 spiro atoms. The number of benzene rings is 2. The predicted octanol–water partition coefficient (Wildman–Crippen LogP) is 3.74. The van der Waals surface area contributed by atoms with E-state index in [9.17, 15) is 13.6 Å². The van der Waals surface area contributed by atoms with Gasteiger partial charge in [0.1, 0.15) is 23.3 Å². The van der Waals surface area contributed by atoms with Gasteiger partial charge >= 0.3 is 0 Å². The summed E-state index contributed by atoms with van der Waals surface area (Å²) in [6.07, 6.45) is 2.98. The number of nitrogens with zero attached hydrogens (tertiary/aromatic N) is 3. The normalized spacial score (nSPS) is 13.0. The van der Waals surface area contributed by atoms with Gasteiger partial charge in [-0.15, -0.1) is 0 Å². The predicted molar refractivity (Wildman–Crippen MR) is 105 cm³/mol.